The summed E-state index contributed by atoms with van der Waals surface area (Å²) in [5.74, 6) is 0.0781. The minimum Gasteiger partial charge on any atom is -0.350 e. The summed E-state index contributed by atoms with van der Waals surface area (Å²) >= 11 is 0. The largest absolute Gasteiger partial charge is 0.350 e. The van der Waals surface area contributed by atoms with Gasteiger partial charge in [-0.2, -0.15) is 5.10 Å². The molecule has 2 fully saturated rings. The fourth-order valence-corrected chi connectivity index (χ4v) is 4.39. The first kappa shape index (κ1) is 20.4. The molecule has 2 aromatic rings. The SMILES string of the molecule is O=C(NCc1ccccn1)[C@H]1CCCN(C2CCN(C(=O)c3cccnn3)CC2)C1. The summed E-state index contributed by atoms with van der Waals surface area (Å²) in [7, 11) is 0. The summed E-state index contributed by atoms with van der Waals surface area (Å²) < 4.78 is 0. The number of hydrogen-bond acceptors (Lipinski definition) is 6. The first-order valence-corrected chi connectivity index (χ1v) is 10.7. The third-order valence-electron chi connectivity index (χ3n) is 6.05. The van der Waals surface area contributed by atoms with Crippen LogP contribution in [0.2, 0.25) is 0 Å². The van der Waals surface area contributed by atoms with Gasteiger partial charge in [-0.1, -0.05) is 6.07 Å². The first-order valence-electron chi connectivity index (χ1n) is 10.7. The molecule has 1 N–H and O–H groups in total. The van der Waals surface area contributed by atoms with E-state index in [4.69, 9.17) is 0 Å². The molecule has 0 bridgehead atoms. The molecule has 2 aromatic heterocycles. The minimum atomic E-state index is -0.0491. The van der Waals surface area contributed by atoms with E-state index in [1.807, 2.05) is 23.1 Å². The summed E-state index contributed by atoms with van der Waals surface area (Å²) in [5, 5.41) is 10.8. The zero-order valence-corrected chi connectivity index (χ0v) is 17.1. The van der Waals surface area contributed by atoms with E-state index in [2.05, 4.69) is 25.4 Å². The molecule has 2 aliphatic rings. The number of nitrogens with one attached hydrogen (secondary N) is 1. The van der Waals surface area contributed by atoms with E-state index in [1.165, 1.54) is 0 Å². The number of likely N-dealkylation sites (tertiary alicyclic amines) is 2. The average molecular weight is 409 g/mol. The zero-order valence-electron chi connectivity index (χ0n) is 17.1. The molecule has 0 unspecified atom stereocenters. The maximum absolute atomic E-state index is 12.7. The Labute approximate surface area is 176 Å². The molecule has 0 aliphatic carbocycles. The van der Waals surface area contributed by atoms with Gasteiger partial charge in [0, 0.05) is 38.1 Å². The van der Waals surface area contributed by atoms with Gasteiger partial charge >= 0.3 is 0 Å². The van der Waals surface area contributed by atoms with Crippen LogP contribution in [-0.2, 0) is 11.3 Å². The van der Waals surface area contributed by atoms with Gasteiger partial charge in [0.2, 0.25) is 5.91 Å². The molecule has 0 spiro atoms. The van der Waals surface area contributed by atoms with E-state index < -0.39 is 0 Å². The van der Waals surface area contributed by atoms with E-state index in [1.54, 1.807) is 24.5 Å². The molecule has 8 heteroatoms. The summed E-state index contributed by atoms with van der Waals surface area (Å²) in [6.07, 6.45) is 7.12. The van der Waals surface area contributed by atoms with E-state index >= 15 is 0 Å². The molecule has 8 nitrogen and oxygen atoms in total. The molecule has 2 aliphatic heterocycles. The number of aromatic nitrogens is 3. The molecule has 4 heterocycles. The number of pyridine rings is 1. The fraction of sp³-hybridized carbons (Fsp3) is 0.500. The van der Waals surface area contributed by atoms with E-state index in [0.717, 1.165) is 44.5 Å². The zero-order chi connectivity index (χ0) is 20.8. The van der Waals surface area contributed by atoms with Crippen molar-refractivity contribution in [1.82, 2.24) is 30.3 Å². The van der Waals surface area contributed by atoms with Gasteiger partial charge in [-0.3, -0.25) is 19.5 Å². The van der Waals surface area contributed by atoms with Crippen molar-refractivity contribution in [2.75, 3.05) is 26.2 Å². The second-order valence-electron chi connectivity index (χ2n) is 8.01. The lowest BCUT2D eigenvalue weighted by Crippen LogP contribution is -2.51. The second kappa shape index (κ2) is 9.75. The van der Waals surface area contributed by atoms with Crippen molar-refractivity contribution in [3.05, 3.63) is 54.1 Å². The van der Waals surface area contributed by atoms with Crippen molar-refractivity contribution in [2.45, 2.75) is 38.3 Å². The van der Waals surface area contributed by atoms with Crippen molar-refractivity contribution in [1.29, 1.82) is 0 Å². The van der Waals surface area contributed by atoms with Crippen LogP contribution in [0.4, 0.5) is 0 Å². The molecule has 0 radical (unpaired) electrons. The van der Waals surface area contributed by atoms with Crippen molar-refractivity contribution in [3.63, 3.8) is 0 Å². The molecule has 0 saturated carbocycles. The Morgan fingerprint density at radius 3 is 2.63 bits per heavy atom. The summed E-state index contributed by atoms with van der Waals surface area (Å²) in [4.78, 5) is 33.8. The van der Waals surface area contributed by atoms with Crippen LogP contribution >= 0.6 is 0 Å². The lowest BCUT2D eigenvalue weighted by Gasteiger charge is -2.42. The van der Waals surface area contributed by atoms with E-state index in [9.17, 15) is 9.59 Å². The highest BCUT2D eigenvalue weighted by atomic mass is 16.2. The Morgan fingerprint density at radius 1 is 1.03 bits per heavy atom. The van der Waals surface area contributed by atoms with Gasteiger partial charge in [-0.05, 0) is 56.5 Å². The van der Waals surface area contributed by atoms with Gasteiger partial charge in [0.15, 0.2) is 5.69 Å². The average Bonchev–Trinajstić information content (AvgIpc) is 2.83. The molecule has 0 aromatic carbocycles. The predicted molar refractivity (Wildman–Crippen MR) is 111 cm³/mol. The lowest BCUT2D eigenvalue weighted by atomic mass is 9.93. The lowest BCUT2D eigenvalue weighted by molar-refractivity contribution is -0.127. The Bertz CT molecular complexity index is 839. The third-order valence-corrected chi connectivity index (χ3v) is 6.05. The van der Waals surface area contributed by atoms with Gasteiger partial charge in [0.05, 0.1) is 18.2 Å². The number of piperidine rings is 2. The maximum atomic E-state index is 12.7. The van der Waals surface area contributed by atoms with Crippen LogP contribution in [0.5, 0.6) is 0 Å². The molecule has 2 amide bonds. The third kappa shape index (κ3) is 4.99. The number of rotatable bonds is 5. The molecule has 2 saturated heterocycles. The predicted octanol–water partition coefficient (Wildman–Crippen LogP) is 1.50. The highest BCUT2D eigenvalue weighted by Crippen LogP contribution is 2.24. The highest BCUT2D eigenvalue weighted by molar-refractivity contribution is 5.92. The second-order valence-corrected chi connectivity index (χ2v) is 8.01. The van der Waals surface area contributed by atoms with Gasteiger partial charge in [-0.25, -0.2) is 0 Å². The molecular weight excluding hydrogens is 380 g/mol. The van der Waals surface area contributed by atoms with E-state index in [0.29, 0.717) is 31.4 Å². The monoisotopic (exact) mass is 408 g/mol. The Morgan fingerprint density at radius 2 is 1.90 bits per heavy atom. The van der Waals surface area contributed by atoms with Crippen molar-refractivity contribution >= 4 is 11.8 Å². The number of carbonyl (C=O) groups excluding carboxylic acids is 2. The number of hydrogen-bond donors (Lipinski definition) is 1. The number of nitrogens with zero attached hydrogens (tertiary/aromatic N) is 5. The first-order chi connectivity index (χ1) is 14.7. The van der Waals surface area contributed by atoms with Gasteiger partial charge in [-0.15, -0.1) is 5.10 Å². The highest BCUT2D eigenvalue weighted by Gasteiger charge is 2.32. The number of carbonyl (C=O) groups is 2. The fourth-order valence-electron chi connectivity index (χ4n) is 4.39. The van der Waals surface area contributed by atoms with Crippen LogP contribution in [0.15, 0.2) is 42.7 Å². The number of amides is 2. The van der Waals surface area contributed by atoms with Gasteiger partial charge in [0.25, 0.3) is 5.91 Å². The van der Waals surface area contributed by atoms with Gasteiger partial charge in [0.1, 0.15) is 0 Å². The smallest absolute Gasteiger partial charge is 0.274 e. The summed E-state index contributed by atoms with van der Waals surface area (Å²) in [6.45, 7) is 3.71. The molecular formula is C22H28N6O2. The topological polar surface area (TPSA) is 91.3 Å². The molecule has 158 valence electrons. The molecule has 30 heavy (non-hydrogen) atoms. The summed E-state index contributed by atoms with van der Waals surface area (Å²) in [5.41, 5.74) is 1.28. The van der Waals surface area contributed by atoms with Crippen LogP contribution < -0.4 is 5.32 Å². The Balaban J connectivity index is 1.26. The van der Waals surface area contributed by atoms with Crippen LogP contribution in [0, 0.1) is 5.92 Å². The normalized spacial score (nSPS) is 20.7. The van der Waals surface area contributed by atoms with Crippen molar-refractivity contribution in [3.8, 4) is 0 Å². The standard InChI is InChI=1S/C22H28N6O2/c29-21(24-15-18-6-1-2-10-23-18)17-5-4-12-28(16-17)19-8-13-27(14-9-19)22(30)20-7-3-11-25-26-20/h1-3,6-7,10-11,17,19H,4-5,8-9,12-16H2,(H,24,29)/t17-/m0/s1. The van der Waals surface area contributed by atoms with Crippen LogP contribution in [-0.4, -0.2) is 69.0 Å². The minimum absolute atomic E-state index is 0.0155. The maximum Gasteiger partial charge on any atom is 0.274 e. The Kier molecular flexibility index (Phi) is 6.63. The van der Waals surface area contributed by atoms with Crippen LogP contribution in [0.3, 0.4) is 0 Å². The van der Waals surface area contributed by atoms with Crippen LogP contribution in [0.1, 0.15) is 41.9 Å². The molecule has 4 rings (SSSR count). The summed E-state index contributed by atoms with van der Waals surface area (Å²) in [6, 6.07) is 9.58. The Hall–Kier alpha value is -2.87. The van der Waals surface area contributed by atoms with Crippen molar-refractivity contribution < 1.29 is 9.59 Å². The van der Waals surface area contributed by atoms with E-state index in [-0.39, 0.29) is 17.7 Å². The van der Waals surface area contributed by atoms with Crippen molar-refractivity contribution in [2.24, 2.45) is 5.92 Å². The van der Waals surface area contributed by atoms with Crippen LogP contribution in [0.25, 0.3) is 0 Å². The molecule has 1 atom stereocenters. The van der Waals surface area contributed by atoms with Gasteiger partial charge < -0.3 is 10.2 Å². The quantitative estimate of drug-likeness (QED) is 0.806.